The normalized spacial score (nSPS) is 23.5. The van der Waals surface area contributed by atoms with Gasteiger partial charge in [-0.25, -0.2) is 14.4 Å². The van der Waals surface area contributed by atoms with Crippen LogP contribution in [-0.2, 0) is 0 Å². The SMILES string of the molecule is CC(CCCN[C@@H]1C[C@H]2CC[C@@H]1N2C(=O)c1cccc(F)c1-c1ncccn1)C(F)(F)F. The molecule has 4 atom stereocenters. The lowest BCUT2D eigenvalue weighted by atomic mass is 9.95. The van der Waals surface area contributed by atoms with Gasteiger partial charge in [0.05, 0.1) is 17.0 Å². The van der Waals surface area contributed by atoms with E-state index in [1.165, 1.54) is 31.5 Å². The third-order valence-electron chi connectivity index (χ3n) is 6.58. The van der Waals surface area contributed by atoms with E-state index in [-0.39, 0.29) is 47.4 Å². The molecule has 1 aromatic heterocycles. The minimum Gasteiger partial charge on any atom is -0.331 e. The van der Waals surface area contributed by atoms with Gasteiger partial charge < -0.3 is 10.2 Å². The number of carbonyl (C=O) groups is 1. The molecule has 172 valence electrons. The summed E-state index contributed by atoms with van der Waals surface area (Å²) >= 11 is 0. The zero-order valence-corrected chi connectivity index (χ0v) is 17.8. The van der Waals surface area contributed by atoms with Crippen molar-refractivity contribution in [3.05, 3.63) is 48.0 Å². The Balaban J connectivity index is 1.45. The lowest BCUT2D eigenvalue weighted by molar-refractivity contribution is -0.171. The molecule has 2 fully saturated rings. The summed E-state index contributed by atoms with van der Waals surface area (Å²) in [4.78, 5) is 23.5. The summed E-state index contributed by atoms with van der Waals surface area (Å²) in [5.74, 6) is -1.97. The molecule has 0 saturated carbocycles. The van der Waals surface area contributed by atoms with Crippen molar-refractivity contribution >= 4 is 5.91 Å². The Kier molecular flexibility index (Phi) is 6.46. The van der Waals surface area contributed by atoms with Crippen LogP contribution < -0.4 is 5.32 Å². The number of aromatic nitrogens is 2. The number of nitrogens with zero attached hydrogens (tertiary/aromatic N) is 3. The number of carbonyl (C=O) groups excluding carboxylic acids is 1. The summed E-state index contributed by atoms with van der Waals surface area (Å²) in [5.41, 5.74) is 0.322. The molecule has 0 spiro atoms. The second-order valence-electron chi connectivity index (χ2n) is 8.63. The molecule has 2 aliphatic heterocycles. The fourth-order valence-corrected chi connectivity index (χ4v) is 4.88. The van der Waals surface area contributed by atoms with E-state index in [1.54, 1.807) is 12.1 Å². The van der Waals surface area contributed by atoms with E-state index in [0.717, 1.165) is 19.3 Å². The molecule has 9 heteroatoms. The largest absolute Gasteiger partial charge is 0.391 e. The van der Waals surface area contributed by atoms with Crippen molar-refractivity contribution in [2.45, 2.75) is 63.3 Å². The van der Waals surface area contributed by atoms with Gasteiger partial charge in [-0.05, 0) is 56.8 Å². The van der Waals surface area contributed by atoms with Gasteiger partial charge in [-0.1, -0.05) is 13.0 Å². The number of hydrogen-bond acceptors (Lipinski definition) is 4. The average molecular weight is 450 g/mol. The molecule has 0 aliphatic carbocycles. The highest BCUT2D eigenvalue weighted by Crippen LogP contribution is 2.40. The first-order chi connectivity index (χ1) is 15.3. The van der Waals surface area contributed by atoms with E-state index < -0.39 is 17.9 Å². The van der Waals surface area contributed by atoms with Gasteiger partial charge in [0.2, 0.25) is 0 Å². The molecule has 4 rings (SSSR count). The monoisotopic (exact) mass is 450 g/mol. The summed E-state index contributed by atoms with van der Waals surface area (Å²) in [7, 11) is 0. The van der Waals surface area contributed by atoms with Gasteiger partial charge in [0.25, 0.3) is 5.91 Å². The van der Waals surface area contributed by atoms with E-state index in [4.69, 9.17) is 0 Å². The Labute approximate surface area is 184 Å². The second kappa shape index (κ2) is 9.13. The van der Waals surface area contributed by atoms with Crippen molar-refractivity contribution in [2.75, 3.05) is 6.54 Å². The number of benzene rings is 1. The lowest BCUT2D eigenvalue weighted by Crippen LogP contribution is -2.43. The summed E-state index contributed by atoms with van der Waals surface area (Å²) in [6, 6.07) is 6.02. The van der Waals surface area contributed by atoms with Gasteiger partial charge in [-0.3, -0.25) is 4.79 Å². The Bertz CT molecular complexity index is 953. The van der Waals surface area contributed by atoms with Gasteiger partial charge >= 0.3 is 6.18 Å². The van der Waals surface area contributed by atoms with Crippen LogP contribution in [0.5, 0.6) is 0 Å². The Morgan fingerprint density at radius 3 is 2.69 bits per heavy atom. The van der Waals surface area contributed by atoms with E-state index >= 15 is 0 Å². The molecule has 0 radical (unpaired) electrons. The van der Waals surface area contributed by atoms with E-state index in [9.17, 15) is 22.4 Å². The maximum absolute atomic E-state index is 14.7. The maximum Gasteiger partial charge on any atom is 0.391 e. The molecule has 2 bridgehead atoms. The van der Waals surface area contributed by atoms with Gasteiger partial charge in [0.15, 0.2) is 5.82 Å². The number of hydrogen-bond donors (Lipinski definition) is 1. The zero-order chi connectivity index (χ0) is 22.9. The fourth-order valence-electron chi connectivity index (χ4n) is 4.88. The van der Waals surface area contributed by atoms with Crippen LogP contribution in [0.1, 0.15) is 49.4 Å². The first-order valence-corrected chi connectivity index (χ1v) is 11.0. The van der Waals surface area contributed by atoms with Crippen LogP contribution in [0, 0.1) is 11.7 Å². The van der Waals surface area contributed by atoms with Crippen LogP contribution in [0.25, 0.3) is 11.4 Å². The van der Waals surface area contributed by atoms with Crippen LogP contribution >= 0.6 is 0 Å². The van der Waals surface area contributed by atoms with Crippen LogP contribution in [0.4, 0.5) is 17.6 Å². The van der Waals surface area contributed by atoms with Crippen molar-refractivity contribution in [3.63, 3.8) is 0 Å². The highest BCUT2D eigenvalue weighted by atomic mass is 19.4. The van der Waals surface area contributed by atoms with Gasteiger partial charge in [-0.2, -0.15) is 13.2 Å². The molecule has 1 aromatic carbocycles. The van der Waals surface area contributed by atoms with E-state index in [0.29, 0.717) is 13.0 Å². The fraction of sp³-hybridized carbons (Fsp3) is 0.522. The van der Waals surface area contributed by atoms with Crippen LogP contribution in [0.15, 0.2) is 36.7 Å². The van der Waals surface area contributed by atoms with Gasteiger partial charge in [0, 0.05) is 30.5 Å². The Hall–Kier alpha value is -2.55. The van der Waals surface area contributed by atoms with Crippen molar-refractivity contribution < 1.29 is 22.4 Å². The number of nitrogens with one attached hydrogen (secondary N) is 1. The standard InChI is InChI=1S/C23H26F4N4O/c1-14(23(25,26)27)5-3-10-28-18-13-15-8-9-19(18)31(15)22(32)16-6-2-7-17(24)20(16)21-29-11-4-12-30-21/h2,4,6-7,11-12,14-15,18-19,28H,3,5,8-10,13H2,1H3/t14?,15-,18-,19+/m1/s1. The maximum atomic E-state index is 14.7. The number of halogens is 4. The van der Waals surface area contributed by atoms with Crippen LogP contribution in [0.2, 0.25) is 0 Å². The topological polar surface area (TPSA) is 58.1 Å². The first kappa shape index (κ1) is 22.6. The summed E-state index contributed by atoms with van der Waals surface area (Å²) in [6.07, 6.45) is 1.76. The minimum atomic E-state index is -4.17. The van der Waals surface area contributed by atoms with E-state index in [2.05, 4.69) is 15.3 Å². The highest BCUT2D eigenvalue weighted by molar-refractivity contribution is 6.01. The quantitative estimate of drug-likeness (QED) is 0.495. The number of amides is 1. The molecule has 2 saturated heterocycles. The summed E-state index contributed by atoms with van der Waals surface area (Å²) in [6.45, 7) is 1.67. The molecule has 5 nitrogen and oxygen atoms in total. The van der Waals surface area contributed by atoms with Crippen molar-refractivity contribution in [1.29, 1.82) is 0 Å². The third kappa shape index (κ3) is 4.48. The third-order valence-corrected chi connectivity index (χ3v) is 6.58. The number of alkyl halides is 3. The highest BCUT2D eigenvalue weighted by Gasteiger charge is 2.48. The average Bonchev–Trinajstić information content (AvgIpc) is 3.33. The second-order valence-corrected chi connectivity index (χ2v) is 8.63. The minimum absolute atomic E-state index is 0.0314. The Morgan fingerprint density at radius 2 is 1.97 bits per heavy atom. The Morgan fingerprint density at radius 1 is 1.22 bits per heavy atom. The van der Waals surface area contributed by atoms with Crippen LogP contribution in [-0.4, -0.2) is 51.6 Å². The molecule has 1 unspecified atom stereocenters. The molecule has 3 heterocycles. The molecule has 1 N–H and O–H groups in total. The van der Waals surface area contributed by atoms with Gasteiger partial charge in [-0.15, -0.1) is 0 Å². The van der Waals surface area contributed by atoms with Crippen molar-refractivity contribution in [3.8, 4) is 11.4 Å². The molecular formula is C23H26F4N4O. The smallest absolute Gasteiger partial charge is 0.331 e. The molecular weight excluding hydrogens is 424 g/mol. The van der Waals surface area contributed by atoms with Gasteiger partial charge in [0.1, 0.15) is 5.82 Å². The van der Waals surface area contributed by atoms with Crippen LogP contribution in [0.3, 0.4) is 0 Å². The van der Waals surface area contributed by atoms with Crippen molar-refractivity contribution in [2.24, 2.45) is 5.92 Å². The number of fused-ring (bicyclic) bond motifs is 2. The first-order valence-electron chi connectivity index (χ1n) is 11.0. The zero-order valence-electron chi connectivity index (χ0n) is 17.8. The molecule has 2 aliphatic rings. The number of rotatable bonds is 7. The predicted octanol–water partition coefficient (Wildman–Crippen LogP) is 4.60. The predicted molar refractivity (Wildman–Crippen MR) is 111 cm³/mol. The summed E-state index contributed by atoms with van der Waals surface area (Å²) < 4.78 is 52.7. The lowest BCUT2D eigenvalue weighted by Gasteiger charge is -2.26. The van der Waals surface area contributed by atoms with E-state index in [1.807, 2.05) is 4.90 Å². The van der Waals surface area contributed by atoms with Crippen molar-refractivity contribution in [1.82, 2.24) is 20.2 Å². The summed E-state index contributed by atoms with van der Waals surface area (Å²) in [5, 5.41) is 3.35. The molecule has 1 amide bonds. The molecule has 32 heavy (non-hydrogen) atoms. The molecule has 2 aromatic rings.